The minimum Gasteiger partial charge on any atom is -1.00 e. The number of hydrogen-bond donors (Lipinski definition) is 0. The van der Waals surface area contributed by atoms with Gasteiger partial charge in [-0.1, -0.05) is 36.0 Å². The molecular weight excluding hydrogens is 312 g/mol. The van der Waals surface area contributed by atoms with Gasteiger partial charge in [-0.05, 0) is 31.2 Å². The molecule has 0 bridgehead atoms. The minimum atomic E-state index is 0. The molecule has 0 saturated heterocycles. The molecule has 22 heavy (non-hydrogen) atoms. The first kappa shape index (κ1) is 17.2. The number of para-hydroxylation sites is 2. The van der Waals surface area contributed by atoms with Gasteiger partial charge in [0.25, 0.3) is 0 Å². The van der Waals surface area contributed by atoms with Crippen molar-refractivity contribution in [3.63, 3.8) is 0 Å². The molecule has 0 aromatic heterocycles. The van der Waals surface area contributed by atoms with Crippen LogP contribution in [0.25, 0.3) is 0 Å². The Morgan fingerprint density at radius 2 is 1.36 bits per heavy atom. The van der Waals surface area contributed by atoms with Crippen LogP contribution in [0.1, 0.15) is 6.92 Å². The van der Waals surface area contributed by atoms with Crippen LogP contribution in [0.2, 0.25) is 0 Å². The van der Waals surface area contributed by atoms with Gasteiger partial charge in [-0.3, -0.25) is 0 Å². The van der Waals surface area contributed by atoms with Crippen LogP contribution in [-0.4, -0.2) is 38.2 Å². The summed E-state index contributed by atoms with van der Waals surface area (Å²) in [4.78, 5) is 5.18. The molecule has 118 valence electrons. The van der Waals surface area contributed by atoms with Crippen molar-refractivity contribution < 1.29 is 16.9 Å². The Bertz CT molecular complexity index is 606. The Morgan fingerprint density at radius 3 is 1.82 bits per heavy atom. The molecule has 1 atom stereocenters. The van der Waals surface area contributed by atoms with Gasteiger partial charge in [0.2, 0.25) is 0 Å². The van der Waals surface area contributed by atoms with Crippen molar-refractivity contribution >= 4 is 23.1 Å². The molecule has 2 aromatic carbocycles. The molecule has 0 aliphatic carbocycles. The monoisotopic (exact) mass is 334 g/mol. The molecule has 2 nitrogen and oxygen atoms in total. The van der Waals surface area contributed by atoms with E-state index in [2.05, 4.69) is 81.5 Å². The van der Waals surface area contributed by atoms with Gasteiger partial charge < -0.3 is 21.8 Å². The zero-order valence-corrected chi connectivity index (χ0v) is 15.2. The van der Waals surface area contributed by atoms with Crippen LogP contribution in [0, 0.1) is 0 Å². The Kier molecular flexibility index (Phi) is 5.10. The molecule has 0 radical (unpaired) electrons. The van der Waals surface area contributed by atoms with Crippen LogP contribution in [0.3, 0.4) is 0 Å². The predicted octanol–water partition coefficient (Wildman–Crippen LogP) is 1.39. The highest BCUT2D eigenvalue weighted by Crippen LogP contribution is 2.47. The maximum atomic E-state index is 2.48. The van der Waals surface area contributed by atoms with E-state index in [4.69, 9.17) is 0 Å². The summed E-state index contributed by atoms with van der Waals surface area (Å²) in [5.74, 6) is 0. The van der Waals surface area contributed by atoms with Gasteiger partial charge in [-0.15, -0.1) is 0 Å². The highest BCUT2D eigenvalue weighted by Gasteiger charge is 2.28. The molecule has 0 amide bonds. The summed E-state index contributed by atoms with van der Waals surface area (Å²) in [7, 11) is 6.80. The smallest absolute Gasteiger partial charge is 0.104 e. The van der Waals surface area contributed by atoms with Crippen molar-refractivity contribution in [1.82, 2.24) is 0 Å². The molecule has 1 unspecified atom stereocenters. The number of benzene rings is 2. The fourth-order valence-electron chi connectivity index (χ4n) is 2.49. The lowest BCUT2D eigenvalue weighted by Crippen LogP contribution is -3.00. The fourth-order valence-corrected chi connectivity index (χ4v) is 3.58. The summed E-state index contributed by atoms with van der Waals surface area (Å²) < 4.78 is 0.966. The van der Waals surface area contributed by atoms with Crippen molar-refractivity contribution in [3.05, 3.63) is 48.5 Å². The summed E-state index contributed by atoms with van der Waals surface area (Å²) in [6.45, 7) is 3.35. The van der Waals surface area contributed by atoms with E-state index >= 15 is 0 Å². The molecule has 3 rings (SSSR count). The highest BCUT2D eigenvalue weighted by molar-refractivity contribution is 7.99. The number of nitrogens with zero attached hydrogens (tertiary/aromatic N) is 2. The third-order valence-electron chi connectivity index (χ3n) is 4.30. The third kappa shape index (κ3) is 3.27. The zero-order chi connectivity index (χ0) is 15.0. The number of likely N-dealkylation sites (N-methyl/N-ethyl adjacent to an activating group) is 1. The van der Waals surface area contributed by atoms with Crippen molar-refractivity contribution in [2.75, 3.05) is 32.6 Å². The third-order valence-corrected chi connectivity index (χ3v) is 5.43. The first-order valence-electron chi connectivity index (χ1n) is 7.41. The molecule has 0 fully saturated rings. The summed E-state index contributed by atoms with van der Waals surface area (Å²) in [6, 6.07) is 18.0. The summed E-state index contributed by atoms with van der Waals surface area (Å²) >= 11 is 1.87. The van der Waals surface area contributed by atoms with Gasteiger partial charge in [0.15, 0.2) is 0 Å². The lowest BCUT2D eigenvalue weighted by Gasteiger charge is -2.39. The average molecular weight is 335 g/mol. The Morgan fingerprint density at radius 1 is 0.909 bits per heavy atom. The van der Waals surface area contributed by atoms with Crippen molar-refractivity contribution in [3.8, 4) is 0 Å². The number of fused-ring (bicyclic) bond motifs is 2. The zero-order valence-electron chi connectivity index (χ0n) is 13.6. The second-order valence-electron chi connectivity index (χ2n) is 6.61. The van der Waals surface area contributed by atoms with Crippen LogP contribution in [0.4, 0.5) is 11.4 Å². The molecular formula is C18H23ClN2S. The number of hydrogen-bond acceptors (Lipinski definition) is 2. The van der Waals surface area contributed by atoms with E-state index in [1.165, 1.54) is 21.2 Å². The van der Waals surface area contributed by atoms with Gasteiger partial charge in [-0.2, -0.15) is 0 Å². The van der Waals surface area contributed by atoms with Crippen molar-refractivity contribution in [1.29, 1.82) is 0 Å². The predicted molar refractivity (Wildman–Crippen MR) is 91.5 cm³/mol. The van der Waals surface area contributed by atoms with Crippen LogP contribution >= 0.6 is 11.8 Å². The SMILES string of the molecule is CC(CN1c2ccccc2Sc2ccccc21)[N+](C)(C)C.[Cl-]. The van der Waals surface area contributed by atoms with Gasteiger partial charge in [0.1, 0.15) is 6.04 Å². The number of halogens is 1. The van der Waals surface area contributed by atoms with Crippen molar-refractivity contribution in [2.45, 2.75) is 22.8 Å². The van der Waals surface area contributed by atoms with E-state index < -0.39 is 0 Å². The van der Waals surface area contributed by atoms with Crippen LogP contribution in [-0.2, 0) is 0 Å². The number of anilines is 2. The first-order chi connectivity index (χ1) is 9.97. The van der Waals surface area contributed by atoms with Gasteiger partial charge in [-0.25, -0.2) is 0 Å². The average Bonchev–Trinajstić information content (AvgIpc) is 2.46. The van der Waals surface area contributed by atoms with Crippen LogP contribution in [0.5, 0.6) is 0 Å². The highest BCUT2D eigenvalue weighted by atomic mass is 35.5. The van der Waals surface area contributed by atoms with E-state index in [1.807, 2.05) is 11.8 Å². The summed E-state index contributed by atoms with van der Waals surface area (Å²) in [5.41, 5.74) is 2.67. The number of quaternary nitrogens is 1. The molecule has 1 aliphatic heterocycles. The molecule has 4 heteroatoms. The topological polar surface area (TPSA) is 3.24 Å². The first-order valence-corrected chi connectivity index (χ1v) is 8.23. The molecule has 1 heterocycles. The molecule has 1 aliphatic rings. The molecule has 2 aromatic rings. The Balaban J connectivity index is 0.00000176. The fraction of sp³-hybridized carbons (Fsp3) is 0.333. The number of rotatable bonds is 3. The van der Waals surface area contributed by atoms with Crippen LogP contribution in [0.15, 0.2) is 58.3 Å². The second kappa shape index (κ2) is 6.53. The summed E-state index contributed by atoms with van der Waals surface area (Å²) in [5, 5.41) is 0. The van der Waals surface area contributed by atoms with E-state index in [1.54, 1.807) is 0 Å². The lowest BCUT2D eigenvalue weighted by molar-refractivity contribution is -0.892. The van der Waals surface area contributed by atoms with Crippen LogP contribution < -0.4 is 17.3 Å². The van der Waals surface area contributed by atoms with E-state index in [0.717, 1.165) is 11.0 Å². The molecule has 0 N–H and O–H groups in total. The molecule has 0 spiro atoms. The molecule has 0 saturated carbocycles. The Hall–Kier alpha value is -1.16. The maximum Gasteiger partial charge on any atom is 0.104 e. The standard InChI is InChI=1S/C18H23N2S.ClH/c1-14(20(2,3)4)13-19-15-9-5-7-11-17(15)21-18-12-8-6-10-16(18)19;/h5-12,14H,13H2,1-4H3;1H/q+1;/p-1. The van der Waals surface area contributed by atoms with E-state index in [-0.39, 0.29) is 12.4 Å². The minimum absolute atomic E-state index is 0. The second-order valence-corrected chi connectivity index (χ2v) is 7.70. The Labute approximate surface area is 144 Å². The van der Waals surface area contributed by atoms with Gasteiger partial charge >= 0.3 is 0 Å². The normalized spacial score (nSPS) is 14.6. The lowest BCUT2D eigenvalue weighted by atomic mass is 10.1. The van der Waals surface area contributed by atoms with Crippen molar-refractivity contribution in [2.24, 2.45) is 0 Å². The summed E-state index contributed by atoms with van der Waals surface area (Å²) in [6.07, 6.45) is 0. The van der Waals surface area contributed by atoms with E-state index in [0.29, 0.717) is 6.04 Å². The van der Waals surface area contributed by atoms with Gasteiger partial charge in [0.05, 0.1) is 39.1 Å². The van der Waals surface area contributed by atoms with E-state index in [9.17, 15) is 0 Å². The largest absolute Gasteiger partial charge is 1.00 e. The van der Waals surface area contributed by atoms with Gasteiger partial charge in [0, 0.05) is 9.79 Å². The maximum absolute atomic E-state index is 2.48. The quantitative estimate of drug-likeness (QED) is 0.780.